The lowest BCUT2D eigenvalue weighted by Gasteiger charge is -2.20. The highest BCUT2D eigenvalue weighted by atomic mass is 79.9. The molecule has 2 rings (SSSR count). The van der Waals surface area contributed by atoms with Gasteiger partial charge in [0.25, 0.3) is 0 Å². The van der Waals surface area contributed by atoms with E-state index in [1.54, 1.807) is 11.8 Å². The normalized spacial score (nSPS) is 23.8. The van der Waals surface area contributed by atoms with Crippen LogP contribution in [0.2, 0.25) is 0 Å². The molecule has 0 radical (unpaired) electrons. The minimum atomic E-state index is -3.72. The molecule has 0 saturated carbocycles. The van der Waals surface area contributed by atoms with E-state index >= 15 is 0 Å². The Morgan fingerprint density at radius 2 is 2.33 bits per heavy atom. The third kappa shape index (κ3) is 2.85. The summed E-state index contributed by atoms with van der Waals surface area (Å²) < 4.78 is 27.4. The van der Waals surface area contributed by atoms with Crippen molar-refractivity contribution >= 4 is 37.7 Å². The molecule has 96 valence electrons. The van der Waals surface area contributed by atoms with Crippen molar-refractivity contribution < 1.29 is 8.42 Å². The molecule has 0 unspecified atom stereocenters. The predicted molar refractivity (Wildman–Crippen MR) is 72.5 cm³/mol. The highest BCUT2D eigenvalue weighted by molar-refractivity contribution is 9.10. The molecule has 8 heteroatoms. The fourth-order valence-corrected chi connectivity index (χ4v) is 4.82. The number of nitriles is 1. The van der Waals surface area contributed by atoms with Crippen LogP contribution in [-0.4, -0.2) is 30.4 Å². The number of rotatable bonds is 3. The fraction of sp³-hybridized carbons (Fsp3) is 0.400. The van der Waals surface area contributed by atoms with Gasteiger partial charge in [0, 0.05) is 22.6 Å². The Bertz CT molecular complexity index is 591. The van der Waals surface area contributed by atoms with Crippen LogP contribution in [0.5, 0.6) is 0 Å². The van der Waals surface area contributed by atoms with Crippen molar-refractivity contribution in [3.8, 4) is 6.07 Å². The molecule has 1 aromatic rings. The van der Waals surface area contributed by atoms with Gasteiger partial charge in [-0.3, -0.25) is 4.98 Å². The average molecular weight is 348 g/mol. The average Bonchev–Trinajstić information content (AvgIpc) is 2.77. The molecule has 0 spiro atoms. The predicted octanol–water partition coefficient (Wildman–Crippen LogP) is 1.52. The largest absolute Gasteiger partial charge is 0.262 e. The number of sulfonamides is 1. The first kappa shape index (κ1) is 13.8. The van der Waals surface area contributed by atoms with E-state index in [9.17, 15) is 8.42 Å². The van der Waals surface area contributed by atoms with Crippen LogP contribution < -0.4 is 4.72 Å². The molecular formula is C10H10BrN3O2S2. The number of nitrogens with zero attached hydrogens (tertiary/aromatic N) is 2. The van der Waals surface area contributed by atoms with Crippen molar-refractivity contribution in [1.82, 2.24) is 9.71 Å². The number of halogens is 1. The first-order valence-electron chi connectivity index (χ1n) is 5.11. The SMILES string of the molecule is N#C[C@@]1(NS(=O)(=O)c2cncc(Br)c2)CCSC1. The van der Waals surface area contributed by atoms with Crippen LogP contribution >= 0.6 is 27.7 Å². The van der Waals surface area contributed by atoms with E-state index in [2.05, 4.69) is 31.7 Å². The summed E-state index contributed by atoms with van der Waals surface area (Å²) in [6.07, 6.45) is 3.29. The van der Waals surface area contributed by atoms with E-state index in [4.69, 9.17) is 5.26 Å². The molecule has 1 aromatic heterocycles. The molecule has 0 bridgehead atoms. The minimum absolute atomic E-state index is 0.0587. The zero-order valence-corrected chi connectivity index (χ0v) is 12.5. The Balaban J connectivity index is 2.30. The summed E-state index contributed by atoms with van der Waals surface area (Å²) in [5, 5.41) is 9.17. The zero-order valence-electron chi connectivity index (χ0n) is 9.26. The molecular weight excluding hydrogens is 338 g/mol. The molecule has 0 aromatic carbocycles. The smallest absolute Gasteiger partial charge is 0.243 e. The monoisotopic (exact) mass is 347 g/mol. The molecule has 0 amide bonds. The Hall–Kier alpha value is -0.620. The maximum atomic E-state index is 12.2. The third-order valence-electron chi connectivity index (χ3n) is 2.56. The van der Waals surface area contributed by atoms with Crippen LogP contribution in [0.25, 0.3) is 0 Å². The van der Waals surface area contributed by atoms with Gasteiger partial charge in [-0.2, -0.15) is 21.7 Å². The summed E-state index contributed by atoms with van der Waals surface area (Å²) in [5.74, 6) is 1.26. The number of aromatic nitrogens is 1. The summed E-state index contributed by atoms with van der Waals surface area (Å²) in [7, 11) is -3.72. The topological polar surface area (TPSA) is 82.9 Å². The van der Waals surface area contributed by atoms with Crippen molar-refractivity contribution in [2.24, 2.45) is 0 Å². The molecule has 5 nitrogen and oxygen atoms in total. The number of pyridine rings is 1. The summed E-state index contributed by atoms with van der Waals surface area (Å²) in [6, 6.07) is 3.54. The first-order chi connectivity index (χ1) is 8.47. The molecule has 0 aliphatic carbocycles. The van der Waals surface area contributed by atoms with Gasteiger partial charge >= 0.3 is 0 Å². The van der Waals surface area contributed by atoms with Gasteiger partial charge in [-0.15, -0.1) is 0 Å². The summed E-state index contributed by atoms with van der Waals surface area (Å²) >= 11 is 4.74. The fourth-order valence-electron chi connectivity index (χ4n) is 1.61. The second-order valence-corrected chi connectivity index (χ2v) is 7.64. The van der Waals surface area contributed by atoms with Crippen molar-refractivity contribution in [2.75, 3.05) is 11.5 Å². The molecule has 1 N–H and O–H groups in total. The van der Waals surface area contributed by atoms with Crippen molar-refractivity contribution in [3.63, 3.8) is 0 Å². The van der Waals surface area contributed by atoms with Crippen molar-refractivity contribution in [1.29, 1.82) is 5.26 Å². The second kappa shape index (κ2) is 5.17. The zero-order chi connectivity index (χ0) is 13.2. The van der Waals surface area contributed by atoms with E-state index in [0.717, 1.165) is 5.75 Å². The summed E-state index contributed by atoms with van der Waals surface area (Å²) in [5.41, 5.74) is -0.994. The molecule has 2 heterocycles. The number of hydrogen-bond acceptors (Lipinski definition) is 5. The maximum Gasteiger partial charge on any atom is 0.243 e. The van der Waals surface area contributed by atoms with E-state index < -0.39 is 15.6 Å². The molecule has 1 aliphatic heterocycles. The highest BCUT2D eigenvalue weighted by Gasteiger charge is 2.38. The van der Waals surface area contributed by atoms with Gasteiger partial charge in [-0.25, -0.2) is 8.42 Å². The molecule has 1 atom stereocenters. The van der Waals surface area contributed by atoms with Crippen LogP contribution in [0.3, 0.4) is 0 Å². The van der Waals surface area contributed by atoms with E-state index in [1.807, 2.05) is 0 Å². The summed E-state index contributed by atoms with van der Waals surface area (Å²) in [6.45, 7) is 0. The Kier molecular flexibility index (Phi) is 3.96. The number of hydrogen-bond donors (Lipinski definition) is 1. The Labute approximate surface area is 118 Å². The quantitative estimate of drug-likeness (QED) is 0.896. The maximum absolute atomic E-state index is 12.2. The molecule has 1 aliphatic rings. The van der Waals surface area contributed by atoms with Crippen LogP contribution in [0, 0.1) is 11.3 Å². The van der Waals surface area contributed by atoms with Gasteiger partial charge in [0.2, 0.25) is 10.0 Å². The van der Waals surface area contributed by atoms with E-state index in [1.165, 1.54) is 18.5 Å². The standard InChI is InChI=1S/C10H10BrN3O2S2/c11-8-3-9(5-13-4-8)18(15,16)14-10(6-12)1-2-17-7-10/h3-5,14H,1-2,7H2/t10-/m0/s1. The lowest BCUT2D eigenvalue weighted by molar-refractivity contribution is 0.514. The van der Waals surface area contributed by atoms with Gasteiger partial charge in [0.1, 0.15) is 10.4 Å². The highest BCUT2D eigenvalue weighted by Crippen LogP contribution is 2.29. The van der Waals surface area contributed by atoms with Gasteiger partial charge < -0.3 is 0 Å². The Morgan fingerprint density at radius 3 is 2.89 bits per heavy atom. The van der Waals surface area contributed by atoms with Crippen LogP contribution in [0.4, 0.5) is 0 Å². The van der Waals surface area contributed by atoms with Crippen LogP contribution in [0.15, 0.2) is 27.8 Å². The number of thioether (sulfide) groups is 1. The number of nitrogens with one attached hydrogen (secondary N) is 1. The van der Waals surface area contributed by atoms with Gasteiger partial charge in [0.05, 0.1) is 6.07 Å². The summed E-state index contributed by atoms with van der Waals surface area (Å²) in [4.78, 5) is 3.88. The lowest BCUT2D eigenvalue weighted by atomic mass is 10.0. The van der Waals surface area contributed by atoms with Crippen molar-refractivity contribution in [2.45, 2.75) is 16.9 Å². The lowest BCUT2D eigenvalue weighted by Crippen LogP contribution is -2.47. The van der Waals surface area contributed by atoms with Gasteiger partial charge in [-0.05, 0) is 34.2 Å². The van der Waals surface area contributed by atoms with E-state index in [-0.39, 0.29) is 4.90 Å². The van der Waals surface area contributed by atoms with Gasteiger partial charge in [-0.1, -0.05) is 0 Å². The molecule has 18 heavy (non-hydrogen) atoms. The second-order valence-electron chi connectivity index (χ2n) is 3.94. The van der Waals surface area contributed by atoms with Gasteiger partial charge in [0.15, 0.2) is 0 Å². The third-order valence-corrected chi connectivity index (χ3v) is 5.68. The van der Waals surface area contributed by atoms with Crippen LogP contribution in [0.1, 0.15) is 6.42 Å². The van der Waals surface area contributed by atoms with Crippen molar-refractivity contribution in [3.05, 3.63) is 22.9 Å². The van der Waals surface area contributed by atoms with Crippen LogP contribution in [-0.2, 0) is 10.0 Å². The minimum Gasteiger partial charge on any atom is -0.262 e. The van der Waals surface area contributed by atoms with E-state index in [0.29, 0.717) is 16.6 Å². The molecule has 1 fully saturated rings. The molecule has 1 saturated heterocycles. The Morgan fingerprint density at radius 1 is 1.56 bits per heavy atom. The first-order valence-corrected chi connectivity index (χ1v) is 8.54.